The number of nitrogens with zero attached hydrogens (tertiary/aromatic N) is 7. The summed E-state index contributed by atoms with van der Waals surface area (Å²) in [7, 11) is -0.553. The fraction of sp³-hybridized carbons (Fsp3) is 0.300. The Kier molecular flexibility index (Phi) is 6.26. The molecule has 0 N–H and O–H groups in total. The second-order valence-corrected chi connectivity index (χ2v) is 10.4. The Hall–Kier alpha value is -2.83. The van der Waals surface area contributed by atoms with Crippen LogP contribution < -0.4 is 0 Å². The van der Waals surface area contributed by atoms with Crippen molar-refractivity contribution in [2.75, 3.05) is 14.1 Å². The van der Waals surface area contributed by atoms with Gasteiger partial charge in [0.05, 0.1) is 27.4 Å². The molecule has 9 nitrogen and oxygen atoms in total. The van der Waals surface area contributed by atoms with E-state index >= 15 is 0 Å². The first-order chi connectivity index (χ1) is 15.3. The Balaban J connectivity index is 1.66. The number of benzene rings is 2. The quantitative estimate of drug-likeness (QED) is 0.361. The number of aromatic nitrogens is 6. The van der Waals surface area contributed by atoms with Gasteiger partial charge in [-0.1, -0.05) is 24.8 Å². The van der Waals surface area contributed by atoms with Crippen molar-refractivity contribution in [1.82, 2.24) is 34.1 Å². The molecule has 0 atom stereocenters. The van der Waals surface area contributed by atoms with Crippen molar-refractivity contribution in [3.05, 3.63) is 54.1 Å². The highest BCUT2D eigenvalue weighted by atomic mass is 32.2. The minimum Gasteiger partial charge on any atom is -0.327 e. The number of halogens is 1. The molecular weight excluding hydrogens is 453 g/mol. The molecule has 4 rings (SSSR count). The highest BCUT2D eigenvalue weighted by molar-refractivity contribution is 7.98. The van der Waals surface area contributed by atoms with Crippen LogP contribution in [0.25, 0.3) is 16.7 Å². The van der Waals surface area contributed by atoms with E-state index in [9.17, 15) is 12.8 Å². The van der Waals surface area contributed by atoms with E-state index in [2.05, 4.69) is 27.0 Å². The standard InChI is InChI=1S/C20H22FN7O2S2/c1-4-10-27-18-9-8-16(32(29,30)26(2)3)12-17(18)22-19(27)13-31-20-23-24-25-28(20)15-7-5-6-14(21)11-15/h5-9,11-12H,4,10,13H2,1-3H3. The van der Waals surface area contributed by atoms with Crippen LogP contribution in [-0.4, -0.2) is 56.6 Å². The first-order valence-electron chi connectivity index (χ1n) is 9.90. The predicted molar refractivity (Wildman–Crippen MR) is 120 cm³/mol. The number of rotatable bonds is 8. The van der Waals surface area contributed by atoms with E-state index in [1.165, 1.54) is 47.0 Å². The number of imidazole rings is 1. The summed E-state index contributed by atoms with van der Waals surface area (Å²) in [6, 6.07) is 11.0. The van der Waals surface area contributed by atoms with Crippen LogP contribution in [0.2, 0.25) is 0 Å². The second kappa shape index (κ2) is 8.96. The van der Waals surface area contributed by atoms with Gasteiger partial charge in [0.25, 0.3) is 0 Å². The van der Waals surface area contributed by atoms with Crippen molar-refractivity contribution in [1.29, 1.82) is 0 Å². The van der Waals surface area contributed by atoms with Crippen molar-refractivity contribution >= 4 is 32.8 Å². The van der Waals surface area contributed by atoms with Crippen LogP contribution >= 0.6 is 11.8 Å². The predicted octanol–water partition coefficient (Wildman–Crippen LogP) is 3.10. The SMILES string of the molecule is CCCn1c(CSc2nnnn2-c2cccc(F)c2)nc2cc(S(=O)(=O)N(C)C)ccc21. The lowest BCUT2D eigenvalue weighted by Gasteiger charge is -2.11. The Morgan fingerprint density at radius 3 is 2.69 bits per heavy atom. The number of sulfonamides is 1. The molecule has 0 amide bonds. The van der Waals surface area contributed by atoms with Crippen molar-refractivity contribution in [2.45, 2.75) is 35.7 Å². The van der Waals surface area contributed by atoms with Gasteiger partial charge in [0.2, 0.25) is 15.2 Å². The van der Waals surface area contributed by atoms with E-state index in [4.69, 9.17) is 4.98 Å². The molecule has 0 aliphatic heterocycles. The topological polar surface area (TPSA) is 98.8 Å². The molecule has 2 aromatic heterocycles. The third-order valence-corrected chi connectivity index (χ3v) is 7.57. The summed E-state index contributed by atoms with van der Waals surface area (Å²) in [5, 5.41) is 12.2. The minimum atomic E-state index is -3.55. The fourth-order valence-corrected chi connectivity index (χ4v) is 5.04. The van der Waals surface area contributed by atoms with Crippen LogP contribution in [0.1, 0.15) is 19.2 Å². The lowest BCUT2D eigenvalue weighted by atomic mass is 10.3. The van der Waals surface area contributed by atoms with Gasteiger partial charge in [0.1, 0.15) is 11.6 Å². The van der Waals surface area contributed by atoms with Gasteiger partial charge in [-0.3, -0.25) is 0 Å². The molecule has 2 aromatic carbocycles. The van der Waals surface area contributed by atoms with E-state index in [0.717, 1.165) is 24.3 Å². The molecule has 32 heavy (non-hydrogen) atoms. The van der Waals surface area contributed by atoms with E-state index in [1.54, 1.807) is 30.3 Å². The number of thioether (sulfide) groups is 1. The zero-order chi connectivity index (χ0) is 22.9. The summed E-state index contributed by atoms with van der Waals surface area (Å²) < 4.78 is 43.4. The third-order valence-electron chi connectivity index (χ3n) is 4.85. The summed E-state index contributed by atoms with van der Waals surface area (Å²) in [6.07, 6.45) is 0.891. The summed E-state index contributed by atoms with van der Waals surface area (Å²) in [5.41, 5.74) is 2.00. The van der Waals surface area contributed by atoms with Crippen LogP contribution in [0.5, 0.6) is 0 Å². The van der Waals surface area contributed by atoms with E-state index in [0.29, 0.717) is 22.1 Å². The second-order valence-electron chi connectivity index (χ2n) is 7.26. The molecular formula is C20H22FN7O2S2. The maximum atomic E-state index is 13.6. The zero-order valence-electron chi connectivity index (χ0n) is 17.8. The van der Waals surface area contributed by atoms with E-state index in [1.807, 2.05) is 0 Å². The van der Waals surface area contributed by atoms with Gasteiger partial charge in [-0.25, -0.2) is 22.1 Å². The average Bonchev–Trinajstić information content (AvgIpc) is 3.36. The summed E-state index contributed by atoms with van der Waals surface area (Å²) >= 11 is 1.37. The molecule has 0 bridgehead atoms. The molecule has 12 heteroatoms. The van der Waals surface area contributed by atoms with Crippen molar-refractivity contribution < 1.29 is 12.8 Å². The molecule has 0 spiro atoms. The molecule has 4 aromatic rings. The van der Waals surface area contributed by atoms with Crippen LogP contribution in [0, 0.1) is 5.82 Å². The third kappa shape index (κ3) is 4.25. The van der Waals surface area contributed by atoms with Crippen LogP contribution in [0.15, 0.2) is 52.5 Å². The van der Waals surface area contributed by atoms with Crippen LogP contribution in [0.3, 0.4) is 0 Å². The van der Waals surface area contributed by atoms with Gasteiger partial charge in [-0.05, 0) is 53.2 Å². The van der Waals surface area contributed by atoms with E-state index < -0.39 is 10.0 Å². The molecule has 0 unspecified atom stereocenters. The highest BCUT2D eigenvalue weighted by Gasteiger charge is 2.20. The maximum absolute atomic E-state index is 13.6. The van der Waals surface area contributed by atoms with Gasteiger partial charge in [0.15, 0.2) is 0 Å². The van der Waals surface area contributed by atoms with E-state index in [-0.39, 0.29) is 10.7 Å². The minimum absolute atomic E-state index is 0.199. The average molecular weight is 476 g/mol. The molecule has 0 radical (unpaired) electrons. The maximum Gasteiger partial charge on any atom is 0.242 e. The van der Waals surface area contributed by atoms with Crippen LogP contribution in [0.4, 0.5) is 4.39 Å². The number of hydrogen-bond donors (Lipinski definition) is 0. The Bertz CT molecular complexity index is 1370. The first kappa shape index (κ1) is 22.4. The first-order valence-corrected chi connectivity index (χ1v) is 12.3. The Morgan fingerprint density at radius 1 is 1.16 bits per heavy atom. The Labute approximate surface area is 189 Å². The summed E-state index contributed by atoms with van der Waals surface area (Å²) in [6.45, 7) is 2.80. The van der Waals surface area contributed by atoms with Crippen molar-refractivity contribution in [3.63, 3.8) is 0 Å². The number of fused-ring (bicyclic) bond motifs is 1. The molecule has 0 aliphatic carbocycles. The molecule has 0 saturated carbocycles. The summed E-state index contributed by atoms with van der Waals surface area (Å²) in [5.74, 6) is 0.863. The van der Waals surface area contributed by atoms with Crippen molar-refractivity contribution in [3.8, 4) is 5.69 Å². The molecule has 0 fully saturated rings. The monoisotopic (exact) mass is 475 g/mol. The number of tetrazole rings is 1. The number of aryl methyl sites for hydroxylation is 1. The molecule has 0 saturated heterocycles. The molecule has 0 aliphatic rings. The molecule has 2 heterocycles. The van der Waals surface area contributed by atoms with Gasteiger partial charge in [-0.2, -0.15) is 4.68 Å². The lowest BCUT2D eigenvalue weighted by molar-refractivity contribution is 0.521. The number of hydrogen-bond acceptors (Lipinski definition) is 7. The van der Waals surface area contributed by atoms with Gasteiger partial charge < -0.3 is 4.57 Å². The smallest absolute Gasteiger partial charge is 0.242 e. The fourth-order valence-electron chi connectivity index (χ4n) is 3.28. The van der Waals surface area contributed by atoms with Gasteiger partial charge >= 0.3 is 0 Å². The largest absolute Gasteiger partial charge is 0.327 e. The van der Waals surface area contributed by atoms with Crippen molar-refractivity contribution in [2.24, 2.45) is 0 Å². The zero-order valence-corrected chi connectivity index (χ0v) is 19.4. The normalized spacial score (nSPS) is 12.2. The Morgan fingerprint density at radius 2 is 1.97 bits per heavy atom. The van der Waals surface area contributed by atoms with Gasteiger partial charge in [-0.15, -0.1) is 5.10 Å². The van der Waals surface area contributed by atoms with Crippen LogP contribution in [-0.2, 0) is 22.3 Å². The highest BCUT2D eigenvalue weighted by Crippen LogP contribution is 2.27. The lowest BCUT2D eigenvalue weighted by Crippen LogP contribution is -2.22. The van der Waals surface area contributed by atoms with Gasteiger partial charge in [0, 0.05) is 20.6 Å². The summed E-state index contributed by atoms with van der Waals surface area (Å²) in [4.78, 5) is 4.90. The molecule has 168 valence electrons.